The van der Waals surface area contributed by atoms with Crippen LogP contribution in [0.1, 0.15) is 13.3 Å². The van der Waals surface area contributed by atoms with E-state index in [1.165, 1.54) is 0 Å². The smallest absolute Gasteiger partial charge is 0.211 e. The summed E-state index contributed by atoms with van der Waals surface area (Å²) in [5, 5.41) is 16.2. The maximum Gasteiger partial charge on any atom is 0.211 e. The molecule has 0 amide bonds. The molecule has 0 radical (unpaired) electrons. The van der Waals surface area contributed by atoms with E-state index in [-0.39, 0.29) is 5.96 Å². The van der Waals surface area contributed by atoms with E-state index in [1.54, 1.807) is 7.05 Å². The van der Waals surface area contributed by atoms with Gasteiger partial charge in [-0.2, -0.15) is 5.26 Å². The number of azide groups is 1. The van der Waals surface area contributed by atoms with Crippen molar-refractivity contribution in [2.24, 2.45) is 26.9 Å². The van der Waals surface area contributed by atoms with Crippen molar-refractivity contribution in [3.63, 3.8) is 0 Å². The Morgan fingerprint density at radius 3 is 3.00 bits per heavy atom. The molecule has 1 aliphatic heterocycles. The molecule has 0 fully saturated rings. The van der Waals surface area contributed by atoms with Gasteiger partial charge in [-0.3, -0.25) is 10.3 Å². The molecule has 0 saturated heterocycles. The number of amidine groups is 1. The summed E-state index contributed by atoms with van der Waals surface area (Å²) >= 11 is 0. The minimum atomic E-state index is -0.592. The number of nitrogens with one attached hydrogen (secondary N) is 1. The van der Waals surface area contributed by atoms with Crippen molar-refractivity contribution in [1.82, 2.24) is 10.3 Å². The molecule has 0 aromatic rings. The second kappa shape index (κ2) is 5.81. The Morgan fingerprint density at radius 2 is 2.53 bits per heavy atom. The van der Waals surface area contributed by atoms with Crippen LogP contribution < -0.4 is 11.2 Å². The van der Waals surface area contributed by atoms with Gasteiger partial charge in [0.2, 0.25) is 5.96 Å². The van der Waals surface area contributed by atoms with Crippen molar-refractivity contribution in [2.75, 3.05) is 7.05 Å². The van der Waals surface area contributed by atoms with Crippen LogP contribution in [0.3, 0.4) is 0 Å². The summed E-state index contributed by atoms with van der Waals surface area (Å²) in [6.07, 6.45) is -0.0194. The lowest BCUT2D eigenvalue weighted by Crippen LogP contribution is -2.53. The molecule has 3 N–H and O–H groups in total. The zero-order valence-corrected chi connectivity index (χ0v) is 9.57. The molecule has 90 valence electrons. The van der Waals surface area contributed by atoms with Crippen LogP contribution in [0.5, 0.6) is 0 Å². The summed E-state index contributed by atoms with van der Waals surface area (Å²) in [6, 6.07) is 2.08. The number of nitriles is 1. The van der Waals surface area contributed by atoms with E-state index >= 15 is 0 Å². The predicted molar refractivity (Wildman–Crippen MR) is 62.3 cm³/mol. The van der Waals surface area contributed by atoms with Gasteiger partial charge in [-0.05, 0) is 24.1 Å². The van der Waals surface area contributed by atoms with Crippen LogP contribution in [0.25, 0.3) is 10.4 Å². The minimum Gasteiger partial charge on any atom is -0.280 e. The van der Waals surface area contributed by atoms with Crippen LogP contribution in [-0.2, 0) is 0 Å². The zero-order valence-electron chi connectivity index (χ0n) is 9.57. The van der Waals surface area contributed by atoms with Crippen LogP contribution in [0.15, 0.2) is 15.1 Å². The van der Waals surface area contributed by atoms with Gasteiger partial charge in [0, 0.05) is 4.91 Å². The highest BCUT2D eigenvalue weighted by Gasteiger charge is 2.25. The third-order valence-electron chi connectivity index (χ3n) is 2.23. The fourth-order valence-electron chi connectivity index (χ4n) is 1.30. The van der Waals surface area contributed by atoms with E-state index in [2.05, 4.69) is 31.4 Å². The molecule has 2 unspecified atom stereocenters. The van der Waals surface area contributed by atoms with Gasteiger partial charge in [-0.1, -0.05) is 6.92 Å². The van der Waals surface area contributed by atoms with Gasteiger partial charge in [-0.25, -0.2) is 15.8 Å². The Hall–Kier alpha value is -2.14. The number of aliphatic imine (C=N–C) groups is 2. The first kappa shape index (κ1) is 12.9. The molecule has 0 spiro atoms. The summed E-state index contributed by atoms with van der Waals surface area (Å²) in [6.45, 7) is 1.85. The molecule has 0 aromatic carbocycles. The lowest BCUT2D eigenvalue weighted by Gasteiger charge is -2.29. The van der Waals surface area contributed by atoms with Gasteiger partial charge in [-0.15, -0.1) is 0 Å². The average molecular weight is 235 g/mol. The first-order valence-electron chi connectivity index (χ1n) is 5.00. The number of hydrogen-bond donors (Lipinski definition) is 2. The maximum atomic E-state index is 8.95. The third kappa shape index (κ3) is 2.70. The van der Waals surface area contributed by atoms with Crippen LogP contribution in [-0.4, -0.2) is 30.1 Å². The molecule has 1 aliphatic rings. The molecule has 0 saturated carbocycles. The highest BCUT2D eigenvalue weighted by molar-refractivity contribution is 6.00. The second-order valence-corrected chi connectivity index (χ2v) is 3.25. The summed E-state index contributed by atoms with van der Waals surface area (Å²) in [5.41, 5.74) is 8.40. The van der Waals surface area contributed by atoms with E-state index in [1.807, 2.05) is 6.92 Å². The van der Waals surface area contributed by atoms with E-state index < -0.39 is 12.2 Å². The molecular weight excluding hydrogens is 222 g/mol. The molecule has 9 heteroatoms. The molecule has 0 bridgehead atoms. The summed E-state index contributed by atoms with van der Waals surface area (Å²) < 4.78 is 0. The van der Waals surface area contributed by atoms with Crippen molar-refractivity contribution in [1.29, 1.82) is 5.26 Å². The zero-order chi connectivity index (χ0) is 12.8. The lowest BCUT2D eigenvalue weighted by atomic mass is 10.1. The first-order valence-corrected chi connectivity index (χ1v) is 5.00. The van der Waals surface area contributed by atoms with E-state index in [0.717, 1.165) is 5.01 Å². The molecular formula is C8H13N9. The molecule has 9 nitrogen and oxygen atoms in total. The Kier molecular flexibility index (Phi) is 4.42. The SMILES string of the molecule is CCC(C#N)C1=NC(NC)N(N)C(N=[N+]=[N-])=N1. The number of hydrazine groups is 1. The fraction of sp³-hybridized carbons (Fsp3) is 0.625. The molecule has 1 rings (SSSR count). The number of rotatable bonds is 3. The van der Waals surface area contributed by atoms with Crippen LogP contribution in [0.4, 0.5) is 0 Å². The van der Waals surface area contributed by atoms with Crippen molar-refractivity contribution in [3.8, 4) is 6.07 Å². The van der Waals surface area contributed by atoms with Gasteiger partial charge in [0.05, 0.1) is 6.07 Å². The normalized spacial score (nSPS) is 20.8. The van der Waals surface area contributed by atoms with Crippen LogP contribution >= 0.6 is 0 Å². The second-order valence-electron chi connectivity index (χ2n) is 3.25. The van der Waals surface area contributed by atoms with Gasteiger partial charge in [0.15, 0.2) is 6.29 Å². The topological polar surface area (TPSA) is 139 Å². The van der Waals surface area contributed by atoms with Gasteiger partial charge in [0.25, 0.3) is 0 Å². The summed E-state index contributed by atoms with van der Waals surface area (Å²) in [5.74, 6) is 5.52. The fourth-order valence-corrected chi connectivity index (χ4v) is 1.30. The Morgan fingerprint density at radius 1 is 1.82 bits per heavy atom. The number of guanidine groups is 1. The monoisotopic (exact) mass is 235 g/mol. The number of nitrogens with zero attached hydrogens (tertiary/aromatic N) is 7. The van der Waals surface area contributed by atoms with Gasteiger partial charge in [0.1, 0.15) is 11.8 Å². The summed E-state index contributed by atoms with van der Waals surface area (Å²) in [7, 11) is 1.65. The van der Waals surface area contributed by atoms with E-state index in [9.17, 15) is 0 Å². The van der Waals surface area contributed by atoms with Gasteiger partial charge >= 0.3 is 0 Å². The minimum absolute atomic E-state index is 0.00875. The van der Waals surface area contributed by atoms with Gasteiger partial charge < -0.3 is 0 Å². The number of nitrogens with two attached hydrogens (primary N) is 1. The van der Waals surface area contributed by atoms with Crippen LogP contribution in [0, 0.1) is 17.2 Å². The Bertz CT molecular complexity index is 425. The highest BCUT2D eigenvalue weighted by Crippen LogP contribution is 2.13. The largest absolute Gasteiger partial charge is 0.280 e. The number of hydrogen-bond acceptors (Lipinski definition) is 7. The van der Waals surface area contributed by atoms with E-state index in [4.69, 9.17) is 16.6 Å². The molecule has 2 atom stereocenters. The summed E-state index contributed by atoms with van der Waals surface area (Å²) in [4.78, 5) is 10.8. The Balaban J connectivity index is 3.13. The molecule has 1 heterocycles. The first-order chi connectivity index (χ1) is 8.17. The van der Waals surface area contributed by atoms with Crippen molar-refractivity contribution < 1.29 is 0 Å². The predicted octanol–water partition coefficient (Wildman–Crippen LogP) is 0.293. The third-order valence-corrected chi connectivity index (χ3v) is 2.23. The maximum absolute atomic E-state index is 8.95. The molecule has 0 aromatic heterocycles. The Labute approximate surface area is 98.2 Å². The average Bonchev–Trinajstić information content (AvgIpc) is 2.34. The molecule has 17 heavy (non-hydrogen) atoms. The lowest BCUT2D eigenvalue weighted by molar-refractivity contribution is 0.284. The van der Waals surface area contributed by atoms with Crippen molar-refractivity contribution in [2.45, 2.75) is 19.6 Å². The highest BCUT2D eigenvalue weighted by atomic mass is 15.6. The quantitative estimate of drug-likeness (QED) is 0.314. The van der Waals surface area contributed by atoms with E-state index in [0.29, 0.717) is 12.3 Å². The van der Waals surface area contributed by atoms with Crippen LogP contribution in [0.2, 0.25) is 0 Å². The standard InChI is InChI=1S/C8H13N9/c1-3-5(4-9)6-13-7(12-2)17(11)8(14-6)15-16-10/h5,7,12H,3,11H2,1-2H3. The van der Waals surface area contributed by atoms with Crippen molar-refractivity contribution >= 4 is 11.8 Å². The molecule has 0 aliphatic carbocycles. The van der Waals surface area contributed by atoms with Crippen molar-refractivity contribution in [3.05, 3.63) is 10.4 Å².